The number of hydrazone groups is 1. The highest BCUT2D eigenvalue weighted by molar-refractivity contribution is 7.90. The number of nitrogens with zero attached hydrogens (tertiary/aromatic N) is 3. The Morgan fingerprint density at radius 1 is 1.02 bits per heavy atom. The van der Waals surface area contributed by atoms with Crippen LogP contribution in [0.5, 0.6) is 0 Å². The molecule has 41 heavy (non-hydrogen) atoms. The third-order valence-corrected chi connectivity index (χ3v) is 8.52. The van der Waals surface area contributed by atoms with Crippen molar-refractivity contribution in [2.45, 2.75) is 16.9 Å². The van der Waals surface area contributed by atoms with Crippen LogP contribution in [0.2, 0.25) is 10.0 Å². The number of ether oxygens (including phenoxy) is 1. The Morgan fingerprint density at radius 2 is 1.63 bits per heavy atom. The Morgan fingerprint density at radius 3 is 2.22 bits per heavy atom. The summed E-state index contributed by atoms with van der Waals surface area (Å²) in [6.07, 6.45) is 0. The van der Waals surface area contributed by atoms with Crippen molar-refractivity contribution in [3.05, 3.63) is 100 Å². The number of halogens is 2. The molecule has 1 heterocycles. The molecule has 2 atom stereocenters. The van der Waals surface area contributed by atoms with E-state index in [1.54, 1.807) is 12.1 Å². The van der Waals surface area contributed by atoms with Gasteiger partial charge in [-0.1, -0.05) is 65.7 Å². The van der Waals surface area contributed by atoms with Crippen molar-refractivity contribution >= 4 is 55.1 Å². The van der Waals surface area contributed by atoms with Crippen LogP contribution in [0.1, 0.15) is 17.0 Å². The zero-order valence-corrected chi connectivity index (χ0v) is 25.0. The molecule has 4 N–H and O–H groups in total. The van der Waals surface area contributed by atoms with Gasteiger partial charge in [-0.3, -0.25) is 0 Å². The van der Waals surface area contributed by atoms with Crippen LogP contribution in [0.4, 0.5) is 0 Å². The minimum absolute atomic E-state index is 0.0496. The van der Waals surface area contributed by atoms with E-state index in [0.717, 1.165) is 11.1 Å². The highest BCUT2D eigenvalue weighted by atomic mass is 35.5. The Balaban J connectivity index is 1.76. The van der Waals surface area contributed by atoms with Crippen molar-refractivity contribution in [1.29, 1.82) is 0 Å². The van der Waals surface area contributed by atoms with Gasteiger partial charge in [-0.05, 0) is 47.5 Å². The Labute approximate surface area is 249 Å². The molecule has 3 aromatic rings. The van der Waals surface area contributed by atoms with Crippen LogP contribution in [-0.4, -0.2) is 66.4 Å². The number of nitrogens with one attached hydrogen (secondary N) is 2. The molecule has 3 aromatic carbocycles. The van der Waals surface area contributed by atoms with Crippen LogP contribution in [0.25, 0.3) is 0 Å². The predicted molar refractivity (Wildman–Crippen MR) is 160 cm³/mol. The van der Waals surface area contributed by atoms with Gasteiger partial charge in [0.2, 0.25) is 5.96 Å². The highest BCUT2D eigenvalue weighted by Gasteiger charge is 2.33. The van der Waals surface area contributed by atoms with E-state index >= 15 is 0 Å². The largest absolute Gasteiger partial charge is 0.383 e. The highest BCUT2D eigenvalue weighted by Crippen LogP contribution is 2.29. The summed E-state index contributed by atoms with van der Waals surface area (Å²) in [5, 5.41) is 12.3. The summed E-state index contributed by atoms with van der Waals surface area (Å²) in [4.78, 5) is 4.39. The molecule has 0 fully saturated rings. The van der Waals surface area contributed by atoms with E-state index in [4.69, 9.17) is 38.2 Å². The fourth-order valence-electron chi connectivity index (χ4n) is 4.18. The molecule has 15 heteroatoms. The molecule has 0 amide bonds. The molecular formula is C26H28Cl2N6O5S2. The molecule has 0 unspecified atom stereocenters. The van der Waals surface area contributed by atoms with Crippen LogP contribution < -0.4 is 14.6 Å². The maximum Gasteiger partial charge on any atom is 0.274 e. The molecule has 1 aliphatic heterocycles. The van der Waals surface area contributed by atoms with E-state index in [0.29, 0.717) is 15.8 Å². The molecular weight excluding hydrogens is 611 g/mol. The minimum atomic E-state index is -4.14. The van der Waals surface area contributed by atoms with Crippen molar-refractivity contribution in [3.8, 4) is 0 Å². The fourth-order valence-corrected chi connectivity index (χ4v) is 6.06. The summed E-state index contributed by atoms with van der Waals surface area (Å²) < 4.78 is 59.9. The summed E-state index contributed by atoms with van der Waals surface area (Å²) in [7, 11) is -6.84. The fraction of sp³-hybridized carbons (Fsp3) is 0.231. The molecule has 0 saturated heterocycles. The van der Waals surface area contributed by atoms with E-state index in [-0.39, 0.29) is 36.5 Å². The maximum absolute atomic E-state index is 13.4. The van der Waals surface area contributed by atoms with Gasteiger partial charge in [-0.25, -0.2) is 28.3 Å². The predicted octanol–water partition coefficient (Wildman–Crippen LogP) is 2.94. The van der Waals surface area contributed by atoms with Crippen LogP contribution in [0, 0.1) is 0 Å². The first-order chi connectivity index (χ1) is 19.4. The zero-order chi connectivity index (χ0) is 29.6. The first kappa shape index (κ1) is 30.9. The number of rotatable bonds is 10. The molecule has 1 aliphatic rings. The quantitative estimate of drug-likeness (QED) is 0.229. The van der Waals surface area contributed by atoms with Gasteiger partial charge in [0.15, 0.2) is 0 Å². The number of sulfonamides is 1. The Hall–Kier alpha value is -3.04. The number of hydrogen-bond acceptors (Lipinski definition) is 7. The molecule has 11 nitrogen and oxygen atoms in total. The topological polar surface area (TPSA) is 156 Å². The van der Waals surface area contributed by atoms with Crippen LogP contribution in [0.15, 0.2) is 93.9 Å². The summed E-state index contributed by atoms with van der Waals surface area (Å²) in [6.45, 7) is -0.0361. The average Bonchev–Trinajstić information content (AvgIpc) is 3.37. The lowest BCUT2D eigenvalue weighted by Crippen LogP contribution is -2.45. The first-order valence-electron chi connectivity index (χ1n) is 12.2. The summed E-state index contributed by atoms with van der Waals surface area (Å²) in [5.41, 5.74) is 2.41. The number of guanidine groups is 1. The van der Waals surface area contributed by atoms with Crippen molar-refractivity contribution in [1.82, 2.24) is 14.5 Å². The van der Waals surface area contributed by atoms with Crippen molar-refractivity contribution in [2.24, 2.45) is 15.2 Å². The lowest BCUT2D eigenvalue weighted by molar-refractivity contribution is 0.177. The van der Waals surface area contributed by atoms with Gasteiger partial charge < -0.3 is 4.74 Å². The van der Waals surface area contributed by atoms with Gasteiger partial charge in [-0.2, -0.15) is 18.2 Å². The minimum Gasteiger partial charge on any atom is -0.383 e. The molecule has 0 aliphatic carbocycles. The molecule has 0 aromatic heterocycles. The molecule has 0 bridgehead atoms. The van der Waals surface area contributed by atoms with Gasteiger partial charge in [0.05, 0.1) is 36.3 Å². The van der Waals surface area contributed by atoms with E-state index in [9.17, 15) is 16.8 Å². The first-order valence-corrected chi connectivity index (χ1v) is 16.0. The van der Waals surface area contributed by atoms with Gasteiger partial charge in [0.1, 0.15) is 0 Å². The average molecular weight is 640 g/mol. The number of hydrogen-bond donors (Lipinski definition) is 3. The SMILES string of the molecule is COC[C@H](C/N=C(/NS(=O)(=O)c1ccc(Cl)cc1)N1C[C@@H](c2ccccc2)C(c2ccc(Cl)cc2)=N1)NS(N)(=O)=O. The van der Waals surface area contributed by atoms with Crippen LogP contribution >= 0.6 is 23.2 Å². The number of aliphatic imine (C=N–C) groups is 1. The lowest BCUT2D eigenvalue weighted by Gasteiger charge is -2.21. The zero-order valence-electron chi connectivity index (χ0n) is 21.8. The van der Waals surface area contributed by atoms with Crippen LogP contribution in [-0.2, 0) is 25.0 Å². The number of nitrogens with two attached hydrogens (primary N) is 1. The third-order valence-electron chi connectivity index (χ3n) is 6.01. The Bertz CT molecular complexity index is 1620. The summed E-state index contributed by atoms with van der Waals surface area (Å²) >= 11 is 12.1. The van der Waals surface area contributed by atoms with Crippen molar-refractivity contribution in [3.63, 3.8) is 0 Å². The van der Waals surface area contributed by atoms with Crippen molar-refractivity contribution < 1.29 is 21.6 Å². The normalized spacial score (nSPS) is 16.9. The molecule has 0 spiro atoms. The van der Waals surface area contributed by atoms with E-state index in [2.05, 4.69) is 14.4 Å². The monoisotopic (exact) mass is 638 g/mol. The van der Waals surface area contributed by atoms with Gasteiger partial charge in [-0.15, -0.1) is 0 Å². The molecule has 0 radical (unpaired) electrons. The molecule has 0 saturated carbocycles. The Kier molecular flexibility index (Phi) is 10.0. The number of methoxy groups -OCH3 is 1. The molecule has 218 valence electrons. The van der Waals surface area contributed by atoms with E-state index in [1.807, 2.05) is 42.5 Å². The van der Waals surface area contributed by atoms with Gasteiger partial charge in [0, 0.05) is 23.1 Å². The number of benzene rings is 3. The van der Waals surface area contributed by atoms with Gasteiger partial charge >= 0.3 is 0 Å². The van der Waals surface area contributed by atoms with Crippen molar-refractivity contribution in [2.75, 3.05) is 26.8 Å². The van der Waals surface area contributed by atoms with E-state index in [1.165, 1.54) is 36.4 Å². The molecule has 4 rings (SSSR count). The maximum atomic E-state index is 13.4. The second-order valence-electron chi connectivity index (χ2n) is 9.08. The van der Waals surface area contributed by atoms with Gasteiger partial charge in [0.25, 0.3) is 20.2 Å². The smallest absolute Gasteiger partial charge is 0.274 e. The van der Waals surface area contributed by atoms with Crippen LogP contribution in [0.3, 0.4) is 0 Å². The standard InChI is InChI=1S/C26H28Cl2N6O5S2/c1-39-17-22(32-41(29,37)38)15-30-26(33-40(35,36)23-13-11-21(28)12-14-23)34-16-24(18-5-3-2-4-6-18)25(31-34)19-7-9-20(27)10-8-19/h2-14,22,24,32H,15-17H2,1H3,(H,30,33)(H2,29,37,38)/t22-,24-/m0/s1. The summed E-state index contributed by atoms with van der Waals surface area (Å²) in [6, 6.07) is 21.5. The second-order valence-corrected chi connectivity index (χ2v) is 13.0. The third kappa shape index (κ3) is 8.49. The van der Waals surface area contributed by atoms with E-state index < -0.39 is 26.3 Å². The second kappa shape index (κ2) is 13.3. The lowest BCUT2D eigenvalue weighted by atomic mass is 9.91. The summed E-state index contributed by atoms with van der Waals surface area (Å²) in [5.74, 6) is -0.373.